The number of hydrogen-bond acceptors (Lipinski definition) is 3. The summed E-state index contributed by atoms with van der Waals surface area (Å²) in [6, 6.07) is 14.2. The molecule has 2 nitrogen and oxygen atoms in total. The predicted octanol–water partition coefficient (Wildman–Crippen LogP) is 3.78. The summed E-state index contributed by atoms with van der Waals surface area (Å²) in [6.07, 6.45) is 3.66. The van der Waals surface area contributed by atoms with E-state index in [9.17, 15) is 0 Å². The van der Waals surface area contributed by atoms with Crippen LogP contribution in [0.5, 0.6) is 0 Å². The lowest BCUT2D eigenvalue weighted by atomic mass is 10.1. The maximum absolute atomic E-state index is 8.84. The van der Waals surface area contributed by atoms with E-state index in [1.54, 1.807) is 17.8 Å². The van der Waals surface area contributed by atoms with E-state index < -0.39 is 0 Å². The summed E-state index contributed by atoms with van der Waals surface area (Å²) in [6.45, 7) is 0. The van der Waals surface area contributed by atoms with Gasteiger partial charge in [0.25, 0.3) is 0 Å². The van der Waals surface area contributed by atoms with E-state index in [0.717, 1.165) is 4.90 Å². The molecule has 3 rings (SSSR count). The quantitative estimate of drug-likeness (QED) is 0.841. The molecule has 0 fully saturated rings. The van der Waals surface area contributed by atoms with Crippen molar-refractivity contribution in [2.45, 2.75) is 29.1 Å². The van der Waals surface area contributed by atoms with E-state index in [1.807, 2.05) is 12.1 Å². The van der Waals surface area contributed by atoms with E-state index in [4.69, 9.17) is 11.0 Å². The molecule has 0 saturated heterocycles. The molecule has 0 unspecified atom stereocenters. The molecule has 0 aliphatic heterocycles. The molecule has 19 heavy (non-hydrogen) atoms. The van der Waals surface area contributed by atoms with E-state index in [-0.39, 0.29) is 0 Å². The van der Waals surface area contributed by atoms with Gasteiger partial charge in [-0.2, -0.15) is 5.26 Å². The normalized spacial score (nSPS) is 13.0. The number of hydrogen-bond donors (Lipinski definition) is 1. The monoisotopic (exact) mass is 266 g/mol. The first-order valence-corrected chi connectivity index (χ1v) is 7.17. The largest absolute Gasteiger partial charge is 0.398 e. The molecule has 0 spiro atoms. The maximum atomic E-state index is 8.84. The lowest BCUT2D eigenvalue weighted by Crippen LogP contribution is -1.90. The molecule has 1 aliphatic rings. The number of nitriles is 1. The highest BCUT2D eigenvalue weighted by molar-refractivity contribution is 7.99. The standard InChI is InChI=1S/C16H14N2S/c17-10-11-4-7-16(15(18)8-11)19-14-6-5-12-2-1-3-13(12)9-14/h4-9H,1-3,18H2. The van der Waals surface area contributed by atoms with Crippen molar-refractivity contribution in [2.24, 2.45) is 0 Å². The van der Waals surface area contributed by atoms with Gasteiger partial charge in [-0.1, -0.05) is 17.8 Å². The predicted molar refractivity (Wildman–Crippen MR) is 78.2 cm³/mol. The Hall–Kier alpha value is -1.92. The van der Waals surface area contributed by atoms with Gasteiger partial charge < -0.3 is 5.73 Å². The van der Waals surface area contributed by atoms with Crippen LogP contribution in [0.1, 0.15) is 23.1 Å². The van der Waals surface area contributed by atoms with E-state index >= 15 is 0 Å². The topological polar surface area (TPSA) is 49.8 Å². The Kier molecular flexibility index (Phi) is 3.18. The van der Waals surface area contributed by atoms with Crippen LogP contribution in [0, 0.1) is 11.3 Å². The number of nitrogen functional groups attached to an aromatic ring is 1. The smallest absolute Gasteiger partial charge is 0.0992 e. The molecule has 0 saturated carbocycles. The van der Waals surface area contributed by atoms with Crippen LogP contribution in [0.25, 0.3) is 0 Å². The molecule has 0 radical (unpaired) electrons. The molecule has 0 amide bonds. The Morgan fingerprint density at radius 1 is 1.05 bits per heavy atom. The first kappa shape index (κ1) is 12.1. The summed E-state index contributed by atoms with van der Waals surface area (Å²) < 4.78 is 0. The highest BCUT2D eigenvalue weighted by Gasteiger charge is 2.11. The fourth-order valence-corrected chi connectivity index (χ4v) is 3.35. The molecule has 94 valence electrons. The lowest BCUT2D eigenvalue weighted by molar-refractivity contribution is 0.911. The Bertz CT molecular complexity index is 671. The molecule has 3 heteroatoms. The molecule has 2 N–H and O–H groups in total. The van der Waals surface area contributed by atoms with Crippen molar-refractivity contribution in [1.29, 1.82) is 5.26 Å². The van der Waals surface area contributed by atoms with Gasteiger partial charge in [-0.05, 0) is 60.7 Å². The minimum absolute atomic E-state index is 0.607. The third-order valence-electron chi connectivity index (χ3n) is 3.44. The SMILES string of the molecule is N#Cc1ccc(Sc2ccc3c(c2)CCC3)c(N)c1. The first-order chi connectivity index (χ1) is 9.26. The molecule has 1 aliphatic carbocycles. The van der Waals surface area contributed by atoms with Gasteiger partial charge in [0.15, 0.2) is 0 Å². The Labute approximate surface area is 117 Å². The number of benzene rings is 2. The van der Waals surface area contributed by atoms with Gasteiger partial charge >= 0.3 is 0 Å². The van der Waals surface area contributed by atoms with Crippen LogP contribution in [0.3, 0.4) is 0 Å². The highest BCUT2D eigenvalue weighted by Crippen LogP contribution is 2.35. The second kappa shape index (κ2) is 4.99. The number of nitrogens with two attached hydrogens (primary N) is 1. The van der Waals surface area contributed by atoms with Crippen molar-refractivity contribution in [1.82, 2.24) is 0 Å². The molecule has 0 aromatic heterocycles. The van der Waals surface area contributed by atoms with Gasteiger partial charge in [0.2, 0.25) is 0 Å². The molecule has 2 aromatic rings. The summed E-state index contributed by atoms with van der Waals surface area (Å²) in [5.74, 6) is 0. The number of aryl methyl sites for hydroxylation is 2. The van der Waals surface area contributed by atoms with Crippen molar-refractivity contribution in [3.63, 3.8) is 0 Å². The number of anilines is 1. The van der Waals surface area contributed by atoms with Gasteiger partial charge in [0, 0.05) is 15.5 Å². The van der Waals surface area contributed by atoms with E-state index in [1.165, 1.54) is 35.3 Å². The van der Waals surface area contributed by atoms with Crippen LogP contribution in [-0.4, -0.2) is 0 Å². The zero-order valence-corrected chi connectivity index (χ0v) is 11.3. The molecular formula is C16H14N2S. The van der Waals surface area contributed by atoms with Crippen LogP contribution >= 0.6 is 11.8 Å². The molecule has 0 atom stereocenters. The number of rotatable bonds is 2. The third-order valence-corrected chi connectivity index (χ3v) is 4.52. The molecule has 0 heterocycles. The van der Waals surface area contributed by atoms with Crippen LogP contribution < -0.4 is 5.73 Å². The second-order valence-electron chi connectivity index (χ2n) is 4.75. The highest BCUT2D eigenvalue weighted by atomic mass is 32.2. The van der Waals surface area contributed by atoms with E-state index in [0.29, 0.717) is 11.3 Å². The fourth-order valence-electron chi connectivity index (χ4n) is 2.45. The third kappa shape index (κ3) is 2.45. The van der Waals surface area contributed by atoms with Gasteiger partial charge in [0.1, 0.15) is 0 Å². The maximum Gasteiger partial charge on any atom is 0.0992 e. The summed E-state index contributed by atoms with van der Waals surface area (Å²) in [5, 5.41) is 8.84. The van der Waals surface area contributed by atoms with E-state index in [2.05, 4.69) is 24.3 Å². The average Bonchev–Trinajstić information content (AvgIpc) is 2.88. The van der Waals surface area contributed by atoms with Gasteiger partial charge in [-0.3, -0.25) is 0 Å². The zero-order chi connectivity index (χ0) is 13.2. The zero-order valence-electron chi connectivity index (χ0n) is 10.5. The molecular weight excluding hydrogens is 252 g/mol. The van der Waals surface area contributed by atoms with Crippen molar-refractivity contribution in [3.05, 3.63) is 53.1 Å². The Morgan fingerprint density at radius 2 is 1.89 bits per heavy atom. The summed E-state index contributed by atoms with van der Waals surface area (Å²) >= 11 is 1.67. The summed E-state index contributed by atoms with van der Waals surface area (Å²) in [4.78, 5) is 2.23. The first-order valence-electron chi connectivity index (χ1n) is 6.35. The lowest BCUT2D eigenvalue weighted by Gasteiger charge is -2.07. The Morgan fingerprint density at radius 3 is 2.68 bits per heavy atom. The van der Waals surface area contributed by atoms with Crippen molar-refractivity contribution in [2.75, 3.05) is 5.73 Å². The van der Waals surface area contributed by atoms with Gasteiger partial charge in [-0.15, -0.1) is 0 Å². The average molecular weight is 266 g/mol. The van der Waals surface area contributed by atoms with Crippen molar-refractivity contribution in [3.8, 4) is 6.07 Å². The minimum atomic E-state index is 0.607. The molecule has 0 bridgehead atoms. The van der Waals surface area contributed by atoms with Gasteiger partial charge in [-0.25, -0.2) is 0 Å². The van der Waals surface area contributed by atoms with Crippen molar-refractivity contribution < 1.29 is 0 Å². The fraction of sp³-hybridized carbons (Fsp3) is 0.188. The summed E-state index contributed by atoms with van der Waals surface area (Å²) in [5.41, 5.74) is 10.2. The van der Waals surface area contributed by atoms with Crippen LogP contribution in [0.2, 0.25) is 0 Å². The molecule has 2 aromatic carbocycles. The minimum Gasteiger partial charge on any atom is -0.398 e. The Balaban J connectivity index is 1.87. The number of fused-ring (bicyclic) bond motifs is 1. The van der Waals surface area contributed by atoms with Crippen molar-refractivity contribution >= 4 is 17.4 Å². The second-order valence-corrected chi connectivity index (χ2v) is 5.87. The van der Waals surface area contributed by atoms with Crippen LogP contribution in [-0.2, 0) is 12.8 Å². The van der Waals surface area contributed by atoms with Crippen LogP contribution in [0.15, 0.2) is 46.2 Å². The number of nitrogens with zero attached hydrogens (tertiary/aromatic N) is 1. The van der Waals surface area contributed by atoms with Crippen LogP contribution in [0.4, 0.5) is 5.69 Å². The van der Waals surface area contributed by atoms with Gasteiger partial charge in [0.05, 0.1) is 11.6 Å². The summed E-state index contributed by atoms with van der Waals surface area (Å²) in [7, 11) is 0.